The number of esters is 1. The van der Waals surface area contributed by atoms with E-state index >= 15 is 0 Å². The van der Waals surface area contributed by atoms with Crippen molar-refractivity contribution in [3.63, 3.8) is 0 Å². The second-order valence-corrected chi connectivity index (χ2v) is 9.15. The highest BCUT2D eigenvalue weighted by molar-refractivity contribution is 6.54. The Kier molecular flexibility index (Phi) is 6.47. The van der Waals surface area contributed by atoms with Gasteiger partial charge in [-0.15, -0.1) is 0 Å². The molecule has 0 aromatic heterocycles. The number of para-hydroxylation sites is 1. The zero-order chi connectivity index (χ0) is 21.2. The van der Waals surface area contributed by atoms with E-state index < -0.39 is 15.9 Å². The maximum atomic E-state index is 13.5. The van der Waals surface area contributed by atoms with Crippen LogP contribution in [0.15, 0.2) is 65.7 Å². The smallest absolute Gasteiger partial charge is 0.310 e. The minimum Gasteiger partial charge on any atom is -0.461 e. The van der Waals surface area contributed by atoms with Crippen molar-refractivity contribution in [2.45, 2.75) is 25.0 Å². The summed E-state index contributed by atoms with van der Waals surface area (Å²) in [6.45, 7) is 3.85. The molecule has 2 unspecified atom stereocenters. The van der Waals surface area contributed by atoms with Crippen LogP contribution >= 0.6 is 34.8 Å². The minimum absolute atomic E-state index is 0.0969. The summed E-state index contributed by atoms with van der Waals surface area (Å²) in [5.41, 5.74) is 0.369. The lowest BCUT2D eigenvalue weighted by Gasteiger charge is -2.09. The van der Waals surface area contributed by atoms with Gasteiger partial charge in [-0.3, -0.25) is 4.79 Å². The van der Waals surface area contributed by atoms with Gasteiger partial charge in [0.2, 0.25) is 0 Å². The second kappa shape index (κ2) is 8.55. The number of halogens is 4. The Morgan fingerprint density at radius 1 is 1.14 bits per heavy atom. The molecule has 154 valence electrons. The van der Waals surface area contributed by atoms with Crippen LogP contribution in [0.2, 0.25) is 0 Å². The lowest BCUT2D eigenvalue weighted by Crippen LogP contribution is -2.10. The average molecular weight is 458 g/mol. The number of carbonyl (C=O) groups is 1. The Hall–Kier alpha value is -1.75. The molecule has 0 N–H and O–H groups in total. The first-order valence-corrected chi connectivity index (χ1v) is 10.2. The van der Waals surface area contributed by atoms with Gasteiger partial charge in [-0.05, 0) is 41.2 Å². The van der Waals surface area contributed by atoms with Crippen molar-refractivity contribution in [2.24, 2.45) is 17.3 Å². The summed E-state index contributed by atoms with van der Waals surface area (Å²) in [4.78, 5) is 12.5. The number of benzene rings is 2. The van der Waals surface area contributed by atoms with Crippen molar-refractivity contribution >= 4 is 40.8 Å². The average Bonchev–Trinajstić information content (AvgIpc) is 3.20. The molecule has 7 heteroatoms. The maximum absolute atomic E-state index is 13.5. The van der Waals surface area contributed by atoms with Crippen LogP contribution in [-0.4, -0.2) is 10.6 Å². The molecule has 2 atom stereocenters. The Labute approximate surface area is 184 Å². The highest BCUT2D eigenvalue weighted by Crippen LogP contribution is 2.60. The lowest BCUT2D eigenvalue weighted by molar-refractivity contribution is -0.147. The molecule has 3 nitrogen and oxygen atoms in total. The van der Waals surface area contributed by atoms with Crippen molar-refractivity contribution in [1.82, 2.24) is 0 Å². The van der Waals surface area contributed by atoms with E-state index in [4.69, 9.17) is 44.3 Å². The van der Waals surface area contributed by atoms with Crippen LogP contribution in [0, 0.1) is 17.3 Å². The third-order valence-corrected chi connectivity index (χ3v) is 6.01. The van der Waals surface area contributed by atoms with Gasteiger partial charge in [0.05, 0.1) is 11.0 Å². The Morgan fingerprint density at radius 3 is 2.45 bits per heavy atom. The van der Waals surface area contributed by atoms with E-state index in [0.717, 1.165) is 11.3 Å². The van der Waals surface area contributed by atoms with Crippen LogP contribution in [-0.2, 0) is 16.1 Å². The molecule has 1 aliphatic carbocycles. The molecule has 1 fully saturated rings. The molecule has 0 heterocycles. The molecule has 0 spiro atoms. The molecule has 2 aromatic rings. The predicted molar refractivity (Wildman–Crippen MR) is 113 cm³/mol. The molecular weight excluding hydrogens is 438 g/mol. The van der Waals surface area contributed by atoms with Gasteiger partial charge in [0, 0.05) is 0 Å². The first-order valence-electron chi connectivity index (χ1n) is 9.02. The summed E-state index contributed by atoms with van der Waals surface area (Å²) in [7, 11) is 0. The largest absolute Gasteiger partial charge is 0.461 e. The van der Waals surface area contributed by atoms with Crippen LogP contribution in [0.5, 0.6) is 11.5 Å². The normalized spacial score (nSPS) is 20.8. The quantitative estimate of drug-likeness (QED) is 0.331. The molecule has 3 rings (SSSR count). The van der Waals surface area contributed by atoms with E-state index in [1.807, 2.05) is 68.4 Å². The molecule has 0 radical (unpaired) electrons. The third-order valence-electron chi connectivity index (χ3n) is 5.02. The summed E-state index contributed by atoms with van der Waals surface area (Å²) in [6.07, 6.45) is 1.39. The minimum atomic E-state index is -2.67. The first-order chi connectivity index (χ1) is 13.6. The monoisotopic (exact) mass is 456 g/mol. The van der Waals surface area contributed by atoms with Gasteiger partial charge < -0.3 is 9.47 Å². The highest BCUT2D eigenvalue weighted by Gasteiger charge is 2.62. The van der Waals surface area contributed by atoms with Crippen LogP contribution in [0.25, 0.3) is 0 Å². The molecular formula is C22H20Cl3FO3. The molecule has 1 saturated carbocycles. The van der Waals surface area contributed by atoms with Crippen molar-refractivity contribution < 1.29 is 18.7 Å². The number of ether oxygens (including phenoxy) is 2. The molecule has 29 heavy (non-hydrogen) atoms. The van der Waals surface area contributed by atoms with Gasteiger partial charge in [-0.25, -0.2) is 4.39 Å². The maximum Gasteiger partial charge on any atom is 0.310 e. The van der Waals surface area contributed by atoms with Crippen molar-refractivity contribution in [3.05, 3.63) is 71.3 Å². The molecule has 0 saturated heterocycles. The van der Waals surface area contributed by atoms with Crippen molar-refractivity contribution in [3.8, 4) is 11.5 Å². The van der Waals surface area contributed by atoms with Crippen molar-refractivity contribution in [1.29, 1.82) is 0 Å². The van der Waals surface area contributed by atoms with Gasteiger partial charge in [-0.2, -0.15) is 0 Å². The van der Waals surface area contributed by atoms with Gasteiger partial charge in [0.15, 0.2) is 0 Å². The summed E-state index contributed by atoms with van der Waals surface area (Å²) in [5.74, 6) is 0.227. The number of alkyl halides is 3. The van der Waals surface area contributed by atoms with Crippen LogP contribution in [0.1, 0.15) is 19.4 Å². The number of rotatable bonds is 7. The van der Waals surface area contributed by atoms with Gasteiger partial charge in [-0.1, -0.05) is 85.1 Å². The molecule has 1 aliphatic rings. The Balaban J connectivity index is 1.60. The standard InChI is InChI=1S/C22H20Cl3FO3/c1-21(2)17(12-18(23)22(24,25)26)19(21)20(27)28-13-14-7-6-10-16(11-14)29-15-8-4-3-5-9-15/h3-12,17,19H,13H2,1-2H3. The summed E-state index contributed by atoms with van der Waals surface area (Å²) >= 11 is 16.5. The molecule has 0 aliphatic heterocycles. The van der Waals surface area contributed by atoms with E-state index in [2.05, 4.69) is 0 Å². The fraction of sp³-hybridized carbons (Fsp3) is 0.318. The van der Waals surface area contributed by atoms with Gasteiger partial charge >= 0.3 is 5.97 Å². The molecule has 0 bridgehead atoms. The van der Waals surface area contributed by atoms with E-state index in [0.29, 0.717) is 5.75 Å². The first kappa shape index (κ1) is 21.9. The topological polar surface area (TPSA) is 35.5 Å². The third kappa shape index (κ3) is 5.44. The fourth-order valence-corrected chi connectivity index (χ4v) is 3.52. The van der Waals surface area contributed by atoms with Crippen molar-refractivity contribution in [2.75, 3.05) is 0 Å². The number of allylic oxidation sites excluding steroid dienone is 2. The second-order valence-electron chi connectivity index (χ2n) is 7.51. The van der Waals surface area contributed by atoms with E-state index in [1.54, 1.807) is 0 Å². The SMILES string of the molecule is CC1(C)C(C=C(Cl)C(F)(Cl)Cl)C1C(=O)OCc1cccc(Oc2ccccc2)c1. The zero-order valence-electron chi connectivity index (χ0n) is 15.9. The van der Waals surface area contributed by atoms with Gasteiger partial charge in [0.1, 0.15) is 18.1 Å². The number of carbonyl (C=O) groups excluding carboxylic acids is 1. The fourth-order valence-electron chi connectivity index (χ4n) is 3.26. The highest BCUT2D eigenvalue weighted by atomic mass is 35.5. The Bertz CT molecular complexity index is 907. The Morgan fingerprint density at radius 2 is 1.79 bits per heavy atom. The van der Waals surface area contributed by atoms with Crippen LogP contribution < -0.4 is 4.74 Å². The molecule has 2 aromatic carbocycles. The van der Waals surface area contributed by atoms with E-state index in [-0.39, 0.29) is 23.5 Å². The van der Waals surface area contributed by atoms with E-state index in [1.165, 1.54) is 6.08 Å². The summed E-state index contributed by atoms with van der Waals surface area (Å²) < 4.78 is 22.1. The zero-order valence-corrected chi connectivity index (χ0v) is 18.1. The summed E-state index contributed by atoms with van der Waals surface area (Å²) in [6, 6.07) is 16.7. The van der Waals surface area contributed by atoms with E-state index in [9.17, 15) is 9.18 Å². The molecule has 0 amide bonds. The van der Waals surface area contributed by atoms with Crippen LogP contribution in [0.3, 0.4) is 0 Å². The summed E-state index contributed by atoms with van der Waals surface area (Å²) in [5, 5.41) is -0.347. The van der Waals surface area contributed by atoms with Crippen LogP contribution in [0.4, 0.5) is 4.39 Å². The number of hydrogen-bond donors (Lipinski definition) is 0. The van der Waals surface area contributed by atoms with Gasteiger partial charge in [0.25, 0.3) is 4.59 Å². The predicted octanol–water partition coefficient (Wildman–Crippen LogP) is 7.02. The lowest BCUT2D eigenvalue weighted by atomic mass is 10.1. The number of hydrogen-bond acceptors (Lipinski definition) is 3.